The van der Waals surface area contributed by atoms with E-state index in [4.69, 9.17) is 0 Å². The van der Waals surface area contributed by atoms with Crippen LogP contribution in [0.15, 0.2) is 54.9 Å². The first-order chi connectivity index (χ1) is 15.1. The van der Waals surface area contributed by atoms with Crippen molar-refractivity contribution in [3.8, 4) is 22.4 Å². The van der Waals surface area contributed by atoms with E-state index < -0.39 is 0 Å². The fourth-order valence-electron chi connectivity index (χ4n) is 4.50. The molecule has 4 aromatic rings. The van der Waals surface area contributed by atoms with Gasteiger partial charge in [0.1, 0.15) is 5.82 Å². The third kappa shape index (κ3) is 3.60. The van der Waals surface area contributed by atoms with E-state index in [2.05, 4.69) is 20.6 Å². The minimum absolute atomic E-state index is 0.0881. The fourth-order valence-corrected chi connectivity index (χ4v) is 4.50. The smallest absolute Gasteiger partial charge is 0.219 e. The molecule has 0 spiro atoms. The van der Waals surface area contributed by atoms with Crippen molar-refractivity contribution in [2.75, 3.05) is 0 Å². The monoisotopic (exact) mass is 417 g/mol. The molecular weight excluding hydrogens is 393 g/mol. The molecule has 1 fully saturated rings. The third-order valence-corrected chi connectivity index (χ3v) is 6.17. The molecule has 0 bridgehead atoms. The number of hydrogen-bond donors (Lipinski definition) is 2. The highest BCUT2D eigenvalue weighted by atomic mass is 19.1. The maximum Gasteiger partial charge on any atom is 0.219 e. The predicted molar refractivity (Wildman–Crippen MR) is 118 cm³/mol. The van der Waals surface area contributed by atoms with Gasteiger partial charge in [-0.05, 0) is 43.0 Å². The van der Waals surface area contributed by atoms with Crippen molar-refractivity contribution in [3.05, 3.63) is 60.7 Å². The van der Waals surface area contributed by atoms with Gasteiger partial charge in [0.2, 0.25) is 5.91 Å². The number of nitrogens with one attached hydrogen (secondary N) is 2. The van der Waals surface area contributed by atoms with Crippen LogP contribution in [0.5, 0.6) is 0 Å². The Morgan fingerprint density at radius 2 is 1.97 bits per heavy atom. The van der Waals surface area contributed by atoms with E-state index in [1.807, 2.05) is 41.9 Å². The lowest BCUT2D eigenvalue weighted by Gasteiger charge is -2.15. The molecule has 2 aromatic heterocycles. The van der Waals surface area contributed by atoms with E-state index >= 15 is 0 Å². The number of benzene rings is 2. The molecule has 7 heteroatoms. The van der Waals surface area contributed by atoms with Gasteiger partial charge in [-0.25, -0.2) is 9.07 Å². The van der Waals surface area contributed by atoms with Gasteiger partial charge < -0.3 is 10.3 Å². The van der Waals surface area contributed by atoms with Gasteiger partial charge in [-0.2, -0.15) is 0 Å². The molecule has 6 nitrogen and oxygen atoms in total. The molecule has 1 saturated carbocycles. The molecule has 0 saturated heterocycles. The number of carbonyl (C=O) groups excluding carboxylic acids is 1. The van der Waals surface area contributed by atoms with Gasteiger partial charge in [0.15, 0.2) is 0 Å². The lowest BCUT2D eigenvalue weighted by molar-refractivity contribution is -0.121. The first-order valence-electron chi connectivity index (χ1n) is 10.7. The first-order valence-corrected chi connectivity index (χ1v) is 10.7. The lowest BCUT2D eigenvalue weighted by Crippen LogP contribution is -2.32. The molecule has 2 atom stereocenters. The minimum Gasteiger partial charge on any atom is -0.361 e. The van der Waals surface area contributed by atoms with Crippen molar-refractivity contribution in [1.29, 1.82) is 0 Å². The van der Waals surface area contributed by atoms with Crippen molar-refractivity contribution in [3.63, 3.8) is 0 Å². The molecule has 2 heterocycles. The van der Waals surface area contributed by atoms with Gasteiger partial charge in [0, 0.05) is 40.7 Å². The normalized spacial score (nSPS) is 18.5. The van der Waals surface area contributed by atoms with E-state index in [9.17, 15) is 9.18 Å². The van der Waals surface area contributed by atoms with Crippen molar-refractivity contribution < 1.29 is 9.18 Å². The summed E-state index contributed by atoms with van der Waals surface area (Å²) in [6.07, 6.45) is 6.75. The molecule has 1 aliphatic carbocycles. The first kappa shape index (κ1) is 19.5. The van der Waals surface area contributed by atoms with Crippen LogP contribution in [0.4, 0.5) is 4.39 Å². The number of halogens is 1. The van der Waals surface area contributed by atoms with Crippen LogP contribution in [0, 0.1) is 5.82 Å². The van der Waals surface area contributed by atoms with E-state index in [0.29, 0.717) is 17.4 Å². The van der Waals surface area contributed by atoms with E-state index in [1.54, 1.807) is 24.5 Å². The van der Waals surface area contributed by atoms with Crippen LogP contribution in [0.2, 0.25) is 0 Å². The van der Waals surface area contributed by atoms with Crippen LogP contribution in [0.3, 0.4) is 0 Å². The molecular formula is C24H24FN5O. The van der Waals surface area contributed by atoms with Crippen molar-refractivity contribution in [2.45, 2.75) is 44.7 Å². The van der Waals surface area contributed by atoms with Gasteiger partial charge in [-0.15, -0.1) is 5.10 Å². The van der Waals surface area contributed by atoms with Crippen LogP contribution in [-0.2, 0) is 4.79 Å². The maximum absolute atomic E-state index is 14.9. The molecule has 0 aliphatic heterocycles. The molecule has 158 valence electrons. The molecule has 1 amide bonds. The summed E-state index contributed by atoms with van der Waals surface area (Å²) >= 11 is 0. The highest BCUT2D eigenvalue weighted by Crippen LogP contribution is 2.34. The number of aromatic nitrogens is 4. The van der Waals surface area contributed by atoms with Crippen molar-refractivity contribution in [2.24, 2.45) is 0 Å². The van der Waals surface area contributed by atoms with Crippen LogP contribution in [0.25, 0.3) is 33.3 Å². The average molecular weight is 417 g/mol. The van der Waals surface area contributed by atoms with Crippen LogP contribution in [0.1, 0.15) is 38.6 Å². The zero-order valence-electron chi connectivity index (χ0n) is 17.3. The van der Waals surface area contributed by atoms with Crippen LogP contribution >= 0.6 is 0 Å². The third-order valence-electron chi connectivity index (χ3n) is 6.17. The Morgan fingerprint density at radius 3 is 2.77 bits per heavy atom. The number of rotatable bonds is 5. The zero-order valence-corrected chi connectivity index (χ0v) is 17.3. The summed E-state index contributed by atoms with van der Waals surface area (Å²) in [5, 5.41) is 12.1. The molecule has 2 N–H and O–H groups in total. The molecule has 2 aromatic carbocycles. The summed E-state index contributed by atoms with van der Waals surface area (Å²) in [7, 11) is 0. The number of H-pyrrole nitrogens is 1. The summed E-state index contributed by atoms with van der Waals surface area (Å²) < 4.78 is 16.9. The van der Waals surface area contributed by atoms with Crippen molar-refractivity contribution in [1.82, 2.24) is 25.3 Å². The molecule has 1 aliphatic rings. The highest BCUT2D eigenvalue weighted by molar-refractivity contribution is 5.86. The second-order valence-electron chi connectivity index (χ2n) is 8.09. The van der Waals surface area contributed by atoms with Crippen LogP contribution in [-0.4, -0.2) is 31.9 Å². The average Bonchev–Trinajstić information content (AvgIpc) is 3.54. The number of nitrogens with zero attached hydrogens (tertiary/aromatic N) is 3. The number of fused-ring (bicyclic) bond motifs is 1. The Kier molecular flexibility index (Phi) is 5.02. The summed E-state index contributed by atoms with van der Waals surface area (Å²) in [6.45, 7) is 1.86. The largest absolute Gasteiger partial charge is 0.361 e. The summed E-state index contributed by atoms with van der Waals surface area (Å²) in [5.41, 5.74) is 4.11. The second-order valence-corrected chi connectivity index (χ2v) is 8.09. The Hall–Kier alpha value is -3.48. The number of amides is 1. The Balaban J connectivity index is 1.38. The number of hydrogen-bond acceptors (Lipinski definition) is 3. The quantitative estimate of drug-likeness (QED) is 0.487. The van der Waals surface area contributed by atoms with Gasteiger partial charge >= 0.3 is 0 Å². The highest BCUT2D eigenvalue weighted by Gasteiger charge is 2.29. The molecule has 0 radical (unpaired) electrons. The lowest BCUT2D eigenvalue weighted by atomic mass is 10.0. The SMILES string of the molecule is CCC(=O)N[C@H]1CC[C@@H](n2nncc2-c2ccc(-c3ccc4[nH]ccc4c3F)cc2)C1. The van der Waals surface area contributed by atoms with E-state index in [0.717, 1.165) is 41.6 Å². The number of carbonyl (C=O) groups is 1. The van der Waals surface area contributed by atoms with E-state index in [1.165, 1.54) is 0 Å². The standard InChI is InChI=1S/C24H24FN5O/c1-2-23(31)28-17-7-8-18(13-17)30-22(14-27-29-30)16-5-3-15(4-6-16)19-9-10-21-20(24(19)25)11-12-26-21/h3-6,9-12,14,17-18,26H,2,7-8,13H2,1H3,(H,28,31)/t17-,18+/m0/s1. The number of aromatic amines is 1. The van der Waals surface area contributed by atoms with Gasteiger partial charge in [-0.3, -0.25) is 4.79 Å². The van der Waals surface area contributed by atoms with Gasteiger partial charge in [-0.1, -0.05) is 36.4 Å². The molecule has 0 unspecified atom stereocenters. The summed E-state index contributed by atoms with van der Waals surface area (Å²) in [5.74, 6) is -0.130. The van der Waals surface area contributed by atoms with Gasteiger partial charge in [0.05, 0.1) is 17.9 Å². The maximum atomic E-state index is 14.9. The Bertz CT molecular complexity index is 1230. The zero-order chi connectivity index (χ0) is 21.4. The predicted octanol–water partition coefficient (Wildman–Crippen LogP) is 4.85. The fraction of sp³-hybridized carbons (Fsp3) is 0.292. The Morgan fingerprint density at radius 1 is 1.16 bits per heavy atom. The molecule has 5 rings (SSSR count). The van der Waals surface area contributed by atoms with Gasteiger partial charge in [0.25, 0.3) is 0 Å². The molecule has 31 heavy (non-hydrogen) atoms. The van der Waals surface area contributed by atoms with E-state index in [-0.39, 0.29) is 23.8 Å². The summed E-state index contributed by atoms with van der Waals surface area (Å²) in [6, 6.07) is 13.7. The second kappa shape index (κ2) is 7.98. The van der Waals surface area contributed by atoms with Crippen molar-refractivity contribution >= 4 is 16.8 Å². The minimum atomic E-state index is -0.218. The Labute approximate surface area is 179 Å². The summed E-state index contributed by atoms with van der Waals surface area (Å²) in [4.78, 5) is 14.7. The van der Waals surface area contributed by atoms with Crippen LogP contribution < -0.4 is 5.32 Å². The topological polar surface area (TPSA) is 75.6 Å².